The molecule has 1 heterocycles. The van der Waals surface area contributed by atoms with Gasteiger partial charge in [0.2, 0.25) is 5.91 Å². The number of rotatable bonds is 5. The largest absolute Gasteiger partial charge is 0.457 e. The number of anilines is 2. The van der Waals surface area contributed by atoms with Crippen molar-refractivity contribution >= 4 is 63.9 Å². The SMILES string of the molecule is CN(C)c1ccc(NC(=S)NC(=O)C=Cc2ccc(-c3cccc(Cl)c3Cl)o2)cc1. The number of amides is 1. The summed E-state index contributed by atoms with van der Waals surface area (Å²) in [6.07, 6.45) is 2.89. The van der Waals surface area contributed by atoms with Crippen LogP contribution in [0.4, 0.5) is 11.4 Å². The predicted octanol–water partition coefficient (Wildman–Crippen LogP) is 5.85. The van der Waals surface area contributed by atoms with Crippen LogP contribution < -0.4 is 15.5 Å². The molecule has 0 unspecified atom stereocenters. The van der Waals surface area contributed by atoms with Crippen molar-refractivity contribution in [3.8, 4) is 11.3 Å². The summed E-state index contributed by atoms with van der Waals surface area (Å²) in [7, 11) is 3.93. The van der Waals surface area contributed by atoms with E-state index in [0.29, 0.717) is 27.1 Å². The lowest BCUT2D eigenvalue weighted by atomic mass is 10.2. The van der Waals surface area contributed by atoms with Crippen molar-refractivity contribution in [3.05, 3.63) is 76.5 Å². The Morgan fingerprint density at radius 2 is 1.80 bits per heavy atom. The minimum atomic E-state index is -0.379. The van der Waals surface area contributed by atoms with Crippen LogP contribution in [0.25, 0.3) is 17.4 Å². The normalized spacial score (nSPS) is 10.8. The Morgan fingerprint density at radius 3 is 2.50 bits per heavy atom. The first kappa shape index (κ1) is 21.9. The molecule has 0 atom stereocenters. The van der Waals surface area contributed by atoms with Crippen LogP contribution in [0.1, 0.15) is 5.76 Å². The van der Waals surface area contributed by atoms with Crippen molar-refractivity contribution in [2.45, 2.75) is 0 Å². The molecule has 30 heavy (non-hydrogen) atoms. The second-order valence-electron chi connectivity index (χ2n) is 6.52. The third kappa shape index (κ3) is 5.63. The lowest BCUT2D eigenvalue weighted by Gasteiger charge is -2.13. The number of benzene rings is 2. The van der Waals surface area contributed by atoms with Crippen LogP contribution in [0, 0.1) is 0 Å². The molecular weight excluding hydrogens is 441 g/mol. The van der Waals surface area contributed by atoms with E-state index in [-0.39, 0.29) is 11.0 Å². The van der Waals surface area contributed by atoms with Crippen LogP contribution >= 0.6 is 35.4 Å². The summed E-state index contributed by atoms with van der Waals surface area (Å²) >= 11 is 17.4. The maximum Gasteiger partial charge on any atom is 0.250 e. The van der Waals surface area contributed by atoms with Crippen molar-refractivity contribution in [2.75, 3.05) is 24.3 Å². The summed E-state index contributed by atoms with van der Waals surface area (Å²) in [6.45, 7) is 0. The summed E-state index contributed by atoms with van der Waals surface area (Å²) in [6, 6.07) is 16.5. The highest BCUT2D eigenvalue weighted by Crippen LogP contribution is 2.34. The smallest absolute Gasteiger partial charge is 0.250 e. The van der Waals surface area contributed by atoms with E-state index in [2.05, 4.69) is 10.6 Å². The quantitative estimate of drug-likeness (QED) is 0.370. The van der Waals surface area contributed by atoms with Crippen LogP contribution in [-0.2, 0) is 4.79 Å². The number of hydrogen-bond acceptors (Lipinski definition) is 4. The minimum absolute atomic E-state index is 0.202. The van der Waals surface area contributed by atoms with Crippen molar-refractivity contribution in [3.63, 3.8) is 0 Å². The van der Waals surface area contributed by atoms with Gasteiger partial charge in [-0.1, -0.05) is 29.3 Å². The Hall–Kier alpha value is -2.80. The van der Waals surface area contributed by atoms with Gasteiger partial charge in [-0.3, -0.25) is 10.1 Å². The van der Waals surface area contributed by atoms with Crippen molar-refractivity contribution in [1.82, 2.24) is 5.32 Å². The molecule has 0 spiro atoms. The van der Waals surface area contributed by atoms with E-state index in [4.69, 9.17) is 39.8 Å². The zero-order valence-electron chi connectivity index (χ0n) is 16.3. The molecule has 5 nitrogen and oxygen atoms in total. The van der Waals surface area contributed by atoms with Gasteiger partial charge in [-0.15, -0.1) is 0 Å². The molecule has 0 aliphatic heterocycles. The summed E-state index contributed by atoms with van der Waals surface area (Å²) in [5, 5.41) is 6.63. The maximum atomic E-state index is 12.1. The van der Waals surface area contributed by atoms with E-state index in [1.165, 1.54) is 6.08 Å². The number of nitrogens with zero attached hydrogens (tertiary/aromatic N) is 1. The highest BCUT2D eigenvalue weighted by Gasteiger charge is 2.10. The van der Waals surface area contributed by atoms with E-state index in [1.807, 2.05) is 49.3 Å². The van der Waals surface area contributed by atoms with Crippen molar-refractivity contribution in [1.29, 1.82) is 0 Å². The van der Waals surface area contributed by atoms with Crippen molar-refractivity contribution in [2.24, 2.45) is 0 Å². The Morgan fingerprint density at radius 1 is 1.07 bits per heavy atom. The number of furan rings is 1. The third-order valence-electron chi connectivity index (χ3n) is 4.12. The standard InChI is InChI=1S/C22H19Cl2N3O2S/c1-27(2)15-8-6-14(7-9-15)25-22(30)26-20(28)13-11-16-10-12-19(29-16)17-4-3-5-18(23)21(17)24/h3-13H,1-2H3,(H2,25,26,28,30). The number of carbonyl (C=O) groups is 1. The molecule has 0 fully saturated rings. The molecular formula is C22H19Cl2N3O2S. The second kappa shape index (κ2) is 9.80. The average Bonchev–Trinajstić information content (AvgIpc) is 3.17. The van der Waals surface area contributed by atoms with E-state index >= 15 is 0 Å². The molecule has 8 heteroatoms. The lowest BCUT2D eigenvalue weighted by molar-refractivity contribution is -0.115. The van der Waals surface area contributed by atoms with Crippen molar-refractivity contribution < 1.29 is 9.21 Å². The van der Waals surface area contributed by atoms with E-state index in [0.717, 1.165) is 11.4 Å². The highest BCUT2D eigenvalue weighted by atomic mass is 35.5. The Labute approximate surface area is 190 Å². The van der Waals surface area contributed by atoms with Crippen LogP contribution in [0.2, 0.25) is 10.0 Å². The number of halogens is 2. The van der Waals surface area contributed by atoms with Crippen LogP contribution in [0.15, 0.2) is 65.1 Å². The zero-order chi connectivity index (χ0) is 21.7. The highest BCUT2D eigenvalue weighted by molar-refractivity contribution is 7.80. The fourth-order valence-corrected chi connectivity index (χ4v) is 3.21. The molecule has 0 radical (unpaired) electrons. The number of carbonyl (C=O) groups excluding carboxylic acids is 1. The Kier molecular flexibility index (Phi) is 7.15. The van der Waals surface area contributed by atoms with Gasteiger partial charge in [0.1, 0.15) is 11.5 Å². The summed E-state index contributed by atoms with van der Waals surface area (Å²) in [5.74, 6) is 0.673. The Balaban J connectivity index is 1.57. The fourth-order valence-electron chi connectivity index (χ4n) is 2.60. The fraction of sp³-hybridized carbons (Fsp3) is 0.0909. The molecule has 3 rings (SSSR count). The van der Waals surface area contributed by atoms with Gasteiger partial charge in [0.15, 0.2) is 5.11 Å². The molecule has 1 amide bonds. The average molecular weight is 460 g/mol. The second-order valence-corrected chi connectivity index (χ2v) is 7.71. The first-order valence-corrected chi connectivity index (χ1v) is 10.1. The van der Waals surface area contributed by atoms with Gasteiger partial charge in [-0.25, -0.2) is 0 Å². The molecule has 154 valence electrons. The van der Waals surface area contributed by atoms with Gasteiger partial charge in [-0.2, -0.15) is 0 Å². The van der Waals surface area contributed by atoms with Gasteiger partial charge < -0.3 is 14.6 Å². The van der Waals surface area contributed by atoms with E-state index in [9.17, 15) is 4.79 Å². The molecule has 0 bridgehead atoms. The van der Waals surface area contributed by atoms with Crippen LogP contribution in [0.3, 0.4) is 0 Å². The number of thiocarbonyl (C=S) groups is 1. The molecule has 1 aromatic heterocycles. The molecule has 2 aromatic carbocycles. The van der Waals surface area contributed by atoms with Gasteiger partial charge in [0.25, 0.3) is 0 Å². The molecule has 0 saturated carbocycles. The summed E-state index contributed by atoms with van der Waals surface area (Å²) in [4.78, 5) is 14.1. The Bertz CT molecular complexity index is 1090. The first-order valence-electron chi connectivity index (χ1n) is 8.95. The first-order chi connectivity index (χ1) is 14.3. The number of nitrogens with one attached hydrogen (secondary N) is 2. The minimum Gasteiger partial charge on any atom is -0.457 e. The summed E-state index contributed by atoms with van der Waals surface area (Å²) in [5.41, 5.74) is 2.53. The van der Waals surface area contributed by atoms with E-state index in [1.54, 1.807) is 30.3 Å². The molecule has 2 N–H and O–H groups in total. The third-order valence-corrected chi connectivity index (χ3v) is 5.14. The van der Waals surface area contributed by atoms with E-state index < -0.39 is 0 Å². The monoisotopic (exact) mass is 459 g/mol. The zero-order valence-corrected chi connectivity index (χ0v) is 18.6. The summed E-state index contributed by atoms with van der Waals surface area (Å²) < 4.78 is 5.72. The van der Waals surface area contributed by atoms with Crippen LogP contribution in [0.5, 0.6) is 0 Å². The number of hydrogen-bond donors (Lipinski definition) is 2. The van der Waals surface area contributed by atoms with Gasteiger partial charge in [-0.05, 0) is 66.8 Å². The molecule has 0 saturated heterocycles. The lowest BCUT2D eigenvalue weighted by Crippen LogP contribution is -2.32. The molecule has 0 aliphatic carbocycles. The van der Waals surface area contributed by atoms with Crippen LogP contribution in [-0.4, -0.2) is 25.1 Å². The molecule has 0 aliphatic rings. The van der Waals surface area contributed by atoms with Gasteiger partial charge in [0, 0.05) is 37.1 Å². The van der Waals surface area contributed by atoms with Gasteiger partial charge in [0.05, 0.1) is 10.0 Å². The van der Waals surface area contributed by atoms with Gasteiger partial charge >= 0.3 is 0 Å². The molecule has 3 aromatic rings. The maximum absolute atomic E-state index is 12.1. The predicted molar refractivity (Wildman–Crippen MR) is 128 cm³/mol. The topological polar surface area (TPSA) is 57.5 Å².